The van der Waals surface area contributed by atoms with Crippen LogP contribution in [0.5, 0.6) is 0 Å². The molecule has 0 heterocycles. The number of amides is 1. The zero-order valence-corrected chi connectivity index (χ0v) is 14.8. The molecule has 0 bridgehead atoms. The van der Waals surface area contributed by atoms with E-state index in [1.807, 2.05) is 13.8 Å². The van der Waals surface area contributed by atoms with Gasteiger partial charge in [0.1, 0.15) is 5.76 Å². The molecule has 0 saturated heterocycles. The van der Waals surface area contributed by atoms with Crippen molar-refractivity contribution in [1.29, 1.82) is 0 Å². The second kappa shape index (κ2) is 8.07. The van der Waals surface area contributed by atoms with E-state index in [-0.39, 0.29) is 28.4 Å². The lowest BCUT2D eigenvalue weighted by Crippen LogP contribution is -2.26. The van der Waals surface area contributed by atoms with Crippen LogP contribution in [0.25, 0.3) is 0 Å². The molecule has 6 nitrogen and oxygen atoms in total. The van der Waals surface area contributed by atoms with Crippen molar-refractivity contribution in [1.82, 2.24) is 5.32 Å². The Morgan fingerprint density at radius 1 is 1.32 bits per heavy atom. The molecule has 1 aliphatic carbocycles. The molecule has 6 heteroatoms. The van der Waals surface area contributed by atoms with Crippen LogP contribution in [0.2, 0.25) is 0 Å². The normalized spacial score (nSPS) is 17.2. The number of hydrogen-bond acceptors (Lipinski definition) is 5. The second-order valence-corrected chi connectivity index (χ2v) is 6.86. The Balaban J connectivity index is 2.05. The average Bonchev–Trinajstić information content (AvgIpc) is 2.53. The van der Waals surface area contributed by atoms with E-state index in [9.17, 15) is 14.7 Å². The van der Waals surface area contributed by atoms with Crippen LogP contribution in [0.4, 0.5) is 5.69 Å². The molecule has 25 heavy (non-hydrogen) atoms. The first-order valence-corrected chi connectivity index (χ1v) is 8.19. The summed E-state index contributed by atoms with van der Waals surface area (Å²) in [5.41, 5.74) is 1.16. The van der Waals surface area contributed by atoms with Gasteiger partial charge in [-0.3, -0.25) is 14.6 Å². The highest BCUT2D eigenvalue weighted by molar-refractivity contribution is 6.14. The number of carbonyl (C=O) groups is 2. The van der Waals surface area contributed by atoms with Crippen LogP contribution in [0, 0.1) is 5.41 Å². The minimum absolute atomic E-state index is 0.0825. The van der Waals surface area contributed by atoms with Crippen molar-refractivity contribution in [2.45, 2.75) is 26.7 Å². The van der Waals surface area contributed by atoms with Gasteiger partial charge in [0, 0.05) is 38.3 Å². The largest absolute Gasteiger partial charge is 0.511 e. The fourth-order valence-electron chi connectivity index (χ4n) is 2.65. The predicted octanol–water partition coefficient (Wildman–Crippen LogP) is 2.97. The van der Waals surface area contributed by atoms with Crippen LogP contribution in [-0.4, -0.2) is 43.3 Å². The quantitative estimate of drug-likeness (QED) is 0.613. The number of methoxy groups -OCH3 is 1. The number of ketones is 1. The van der Waals surface area contributed by atoms with Crippen molar-refractivity contribution >= 4 is 23.6 Å². The lowest BCUT2D eigenvalue weighted by Gasteiger charge is -2.28. The van der Waals surface area contributed by atoms with Crippen LogP contribution in [-0.2, 0) is 9.53 Å². The number of rotatable bonds is 6. The van der Waals surface area contributed by atoms with E-state index < -0.39 is 0 Å². The number of aliphatic hydroxyl groups excluding tert-OH is 1. The predicted molar refractivity (Wildman–Crippen MR) is 96.5 cm³/mol. The van der Waals surface area contributed by atoms with E-state index in [2.05, 4.69) is 10.3 Å². The number of ether oxygens (including phenoxy) is 1. The van der Waals surface area contributed by atoms with Crippen molar-refractivity contribution in [2.24, 2.45) is 10.4 Å². The Morgan fingerprint density at radius 2 is 2.00 bits per heavy atom. The van der Waals surface area contributed by atoms with Gasteiger partial charge in [0.25, 0.3) is 5.91 Å². The highest BCUT2D eigenvalue weighted by Crippen LogP contribution is 2.35. The van der Waals surface area contributed by atoms with Crippen LogP contribution in [0.1, 0.15) is 37.0 Å². The lowest BCUT2D eigenvalue weighted by molar-refractivity contribution is -0.117. The van der Waals surface area contributed by atoms with E-state index in [1.54, 1.807) is 31.4 Å². The number of benzene rings is 1. The summed E-state index contributed by atoms with van der Waals surface area (Å²) in [5, 5.41) is 12.8. The molecule has 0 spiro atoms. The second-order valence-electron chi connectivity index (χ2n) is 6.86. The zero-order chi connectivity index (χ0) is 18.4. The van der Waals surface area contributed by atoms with E-state index in [1.165, 1.54) is 6.21 Å². The summed E-state index contributed by atoms with van der Waals surface area (Å²) in [4.78, 5) is 28.3. The molecular formula is C19H24N2O4. The summed E-state index contributed by atoms with van der Waals surface area (Å²) < 4.78 is 4.88. The molecule has 2 rings (SSSR count). The lowest BCUT2D eigenvalue weighted by atomic mass is 9.77. The summed E-state index contributed by atoms with van der Waals surface area (Å²) in [6.07, 6.45) is 2.25. The summed E-state index contributed by atoms with van der Waals surface area (Å²) in [7, 11) is 1.57. The summed E-state index contributed by atoms with van der Waals surface area (Å²) in [6.45, 7) is 4.80. The van der Waals surface area contributed by atoms with Crippen LogP contribution < -0.4 is 5.32 Å². The molecule has 0 saturated carbocycles. The third kappa shape index (κ3) is 5.26. The Kier molecular flexibility index (Phi) is 6.09. The summed E-state index contributed by atoms with van der Waals surface area (Å²) in [5.74, 6) is -0.205. The number of allylic oxidation sites excluding steroid dienone is 2. The van der Waals surface area contributed by atoms with Gasteiger partial charge in [0.15, 0.2) is 5.78 Å². The Morgan fingerprint density at radius 3 is 2.60 bits per heavy atom. The van der Waals surface area contributed by atoms with Gasteiger partial charge in [-0.05, 0) is 29.7 Å². The molecule has 0 unspecified atom stereocenters. The minimum Gasteiger partial charge on any atom is -0.511 e. The number of nitrogens with zero attached hydrogens (tertiary/aromatic N) is 1. The molecular weight excluding hydrogens is 320 g/mol. The van der Waals surface area contributed by atoms with Crippen molar-refractivity contribution < 1.29 is 19.4 Å². The van der Waals surface area contributed by atoms with E-state index in [0.717, 1.165) is 0 Å². The number of aliphatic hydroxyl groups is 1. The SMILES string of the molecule is COCCNC(=O)c1ccc(N=CC2=C(O)CC(C)(C)CC2=O)cc1. The Labute approximate surface area is 147 Å². The van der Waals surface area contributed by atoms with Crippen molar-refractivity contribution in [3.8, 4) is 0 Å². The maximum absolute atomic E-state index is 12.1. The maximum atomic E-state index is 12.1. The van der Waals surface area contributed by atoms with Crippen molar-refractivity contribution in [3.63, 3.8) is 0 Å². The van der Waals surface area contributed by atoms with Crippen LogP contribution in [0.3, 0.4) is 0 Å². The number of nitrogens with one attached hydrogen (secondary N) is 1. The van der Waals surface area contributed by atoms with Gasteiger partial charge in [0.2, 0.25) is 0 Å². The van der Waals surface area contributed by atoms with Crippen molar-refractivity contribution in [2.75, 3.05) is 20.3 Å². The minimum atomic E-state index is -0.226. The van der Waals surface area contributed by atoms with Gasteiger partial charge in [-0.2, -0.15) is 0 Å². The van der Waals surface area contributed by atoms with Crippen molar-refractivity contribution in [3.05, 3.63) is 41.2 Å². The van der Waals surface area contributed by atoms with Gasteiger partial charge in [-0.25, -0.2) is 0 Å². The highest BCUT2D eigenvalue weighted by atomic mass is 16.5. The first kappa shape index (κ1) is 18.9. The third-order valence-corrected chi connectivity index (χ3v) is 3.96. The first-order valence-electron chi connectivity index (χ1n) is 8.19. The van der Waals surface area contributed by atoms with Gasteiger partial charge in [-0.15, -0.1) is 0 Å². The van der Waals surface area contributed by atoms with Gasteiger partial charge in [-0.1, -0.05) is 13.8 Å². The van der Waals surface area contributed by atoms with E-state index in [4.69, 9.17) is 4.74 Å². The third-order valence-electron chi connectivity index (χ3n) is 3.96. The Bertz CT molecular complexity index is 703. The van der Waals surface area contributed by atoms with Gasteiger partial charge >= 0.3 is 0 Å². The Hall–Kier alpha value is -2.47. The highest BCUT2D eigenvalue weighted by Gasteiger charge is 2.32. The average molecular weight is 344 g/mol. The molecule has 1 aromatic rings. The molecule has 0 aliphatic heterocycles. The topological polar surface area (TPSA) is 88.0 Å². The fraction of sp³-hybridized carbons (Fsp3) is 0.421. The van der Waals surface area contributed by atoms with E-state index >= 15 is 0 Å². The fourth-order valence-corrected chi connectivity index (χ4v) is 2.65. The monoisotopic (exact) mass is 344 g/mol. The van der Waals surface area contributed by atoms with E-state index in [0.29, 0.717) is 37.2 Å². The number of aliphatic imine (C=N–C) groups is 1. The molecule has 0 atom stereocenters. The molecule has 0 radical (unpaired) electrons. The zero-order valence-electron chi connectivity index (χ0n) is 14.8. The first-order chi connectivity index (χ1) is 11.8. The summed E-state index contributed by atoms with van der Waals surface area (Å²) >= 11 is 0. The molecule has 1 aliphatic rings. The number of carbonyl (C=O) groups excluding carboxylic acids is 2. The molecule has 1 amide bonds. The van der Waals surface area contributed by atoms with Crippen LogP contribution >= 0.6 is 0 Å². The molecule has 134 valence electrons. The van der Waals surface area contributed by atoms with Gasteiger partial charge in [0.05, 0.1) is 17.9 Å². The smallest absolute Gasteiger partial charge is 0.251 e. The number of hydrogen-bond donors (Lipinski definition) is 2. The molecule has 0 fully saturated rings. The number of Topliss-reactive ketones (excluding diaryl/α,β-unsaturated/α-hetero) is 1. The molecule has 0 aromatic heterocycles. The van der Waals surface area contributed by atoms with Crippen LogP contribution in [0.15, 0.2) is 40.6 Å². The van der Waals surface area contributed by atoms with Gasteiger partial charge < -0.3 is 15.2 Å². The maximum Gasteiger partial charge on any atom is 0.251 e. The molecule has 1 aromatic carbocycles. The molecule has 2 N–H and O–H groups in total. The standard InChI is InChI=1S/C19H24N2O4/c1-19(2)10-16(22)15(17(23)11-19)12-21-14-6-4-13(5-7-14)18(24)20-8-9-25-3/h4-7,12,22H,8-11H2,1-3H3,(H,20,24). The summed E-state index contributed by atoms with van der Waals surface area (Å²) in [6, 6.07) is 6.71.